The van der Waals surface area contributed by atoms with Gasteiger partial charge in [-0.05, 0) is 45.0 Å². The van der Waals surface area contributed by atoms with E-state index in [9.17, 15) is 4.39 Å². The zero-order chi connectivity index (χ0) is 13.1. The van der Waals surface area contributed by atoms with Gasteiger partial charge in [0.15, 0.2) is 0 Å². The Morgan fingerprint density at radius 2 is 2.22 bits per heavy atom. The van der Waals surface area contributed by atoms with Gasteiger partial charge in [-0.15, -0.1) is 0 Å². The lowest BCUT2D eigenvalue weighted by Gasteiger charge is -2.19. The average Bonchev–Trinajstić information content (AvgIpc) is 3.16. The Labute approximate surface area is 117 Å². The fourth-order valence-corrected chi connectivity index (χ4v) is 2.49. The zero-order valence-corrected chi connectivity index (χ0v) is 12.5. The molecule has 0 aliphatic heterocycles. The molecular formula is C14H20BrFN2. The van der Waals surface area contributed by atoms with E-state index >= 15 is 0 Å². The van der Waals surface area contributed by atoms with Crippen LogP contribution < -0.4 is 5.32 Å². The maximum atomic E-state index is 13.7. The average molecular weight is 315 g/mol. The summed E-state index contributed by atoms with van der Waals surface area (Å²) < 4.78 is 14.6. The first-order valence-corrected chi connectivity index (χ1v) is 7.26. The molecule has 1 aliphatic carbocycles. The maximum Gasteiger partial charge on any atom is 0.128 e. The van der Waals surface area contributed by atoms with Crippen LogP contribution in [0.25, 0.3) is 0 Å². The second-order valence-corrected chi connectivity index (χ2v) is 5.97. The summed E-state index contributed by atoms with van der Waals surface area (Å²) in [7, 11) is 2.16. The highest BCUT2D eigenvalue weighted by molar-refractivity contribution is 9.10. The number of rotatable bonds is 6. The molecular weight excluding hydrogens is 295 g/mol. The van der Waals surface area contributed by atoms with Gasteiger partial charge in [0.1, 0.15) is 5.82 Å². The van der Waals surface area contributed by atoms with Gasteiger partial charge in [0.25, 0.3) is 0 Å². The Balaban J connectivity index is 1.82. The van der Waals surface area contributed by atoms with Gasteiger partial charge in [0.05, 0.1) is 0 Å². The number of hydrogen-bond acceptors (Lipinski definition) is 2. The number of likely N-dealkylation sites (N-methyl/N-ethyl adjacent to an activating group) is 1. The fourth-order valence-electron chi connectivity index (χ4n) is 2.11. The van der Waals surface area contributed by atoms with E-state index < -0.39 is 0 Å². The summed E-state index contributed by atoms with van der Waals surface area (Å²) in [6, 6.07) is 5.90. The van der Waals surface area contributed by atoms with Crippen molar-refractivity contribution in [3.8, 4) is 0 Å². The first kappa shape index (κ1) is 14.0. The predicted octanol–water partition coefficient (Wildman–Crippen LogP) is 3.33. The number of nitrogens with one attached hydrogen (secondary N) is 1. The molecule has 4 heteroatoms. The Hall–Kier alpha value is -0.450. The largest absolute Gasteiger partial charge is 0.309 e. The fraction of sp³-hybridized carbons (Fsp3) is 0.571. The summed E-state index contributed by atoms with van der Waals surface area (Å²) in [6.07, 6.45) is 2.65. The lowest BCUT2D eigenvalue weighted by atomic mass is 10.1. The minimum atomic E-state index is -0.145. The third kappa shape index (κ3) is 3.77. The van der Waals surface area contributed by atoms with Gasteiger partial charge in [0, 0.05) is 35.2 Å². The molecule has 0 bridgehead atoms. The van der Waals surface area contributed by atoms with Crippen LogP contribution in [0.3, 0.4) is 0 Å². The number of hydrogen-bond donors (Lipinski definition) is 1. The Morgan fingerprint density at radius 3 is 2.89 bits per heavy atom. The van der Waals surface area contributed by atoms with Crippen LogP contribution in [-0.4, -0.2) is 31.1 Å². The molecule has 1 atom stereocenters. The van der Waals surface area contributed by atoms with Gasteiger partial charge in [-0.1, -0.05) is 15.9 Å². The third-order valence-corrected chi connectivity index (χ3v) is 4.00. The van der Waals surface area contributed by atoms with E-state index in [0.717, 1.165) is 29.2 Å². The van der Waals surface area contributed by atoms with Crippen molar-refractivity contribution < 1.29 is 4.39 Å². The first-order chi connectivity index (χ1) is 8.58. The SMILES string of the molecule is CC(NCCN(C)C1CC1)c1cc(Br)ccc1F. The molecule has 100 valence electrons. The molecule has 1 unspecified atom stereocenters. The van der Waals surface area contributed by atoms with Crippen LogP contribution in [0.15, 0.2) is 22.7 Å². The van der Waals surface area contributed by atoms with Gasteiger partial charge < -0.3 is 10.2 Å². The third-order valence-electron chi connectivity index (χ3n) is 3.51. The predicted molar refractivity (Wildman–Crippen MR) is 76.2 cm³/mol. The minimum Gasteiger partial charge on any atom is -0.309 e. The van der Waals surface area contributed by atoms with E-state index in [4.69, 9.17) is 0 Å². The van der Waals surface area contributed by atoms with E-state index in [1.807, 2.05) is 13.0 Å². The summed E-state index contributed by atoms with van der Waals surface area (Å²) in [5.41, 5.74) is 0.721. The molecule has 1 aliphatic rings. The number of nitrogens with zero attached hydrogens (tertiary/aromatic N) is 1. The highest BCUT2D eigenvalue weighted by Crippen LogP contribution is 2.25. The minimum absolute atomic E-state index is 0.0371. The van der Waals surface area contributed by atoms with Gasteiger partial charge in [-0.25, -0.2) is 4.39 Å². The maximum absolute atomic E-state index is 13.7. The normalized spacial score (nSPS) is 17.2. The Bertz CT molecular complexity index is 407. The van der Waals surface area contributed by atoms with Crippen molar-refractivity contribution in [2.24, 2.45) is 0 Å². The molecule has 0 amide bonds. The molecule has 1 fully saturated rings. The van der Waals surface area contributed by atoms with Crippen molar-refractivity contribution in [1.29, 1.82) is 0 Å². The summed E-state index contributed by atoms with van der Waals surface area (Å²) in [6.45, 7) is 3.91. The van der Waals surface area contributed by atoms with Crippen molar-refractivity contribution in [3.05, 3.63) is 34.1 Å². The molecule has 0 heterocycles. The van der Waals surface area contributed by atoms with Gasteiger partial charge in [0.2, 0.25) is 0 Å². The molecule has 0 radical (unpaired) electrons. The first-order valence-electron chi connectivity index (χ1n) is 6.46. The van der Waals surface area contributed by atoms with Crippen molar-refractivity contribution in [3.63, 3.8) is 0 Å². The van der Waals surface area contributed by atoms with Crippen molar-refractivity contribution in [2.75, 3.05) is 20.1 Å². The molecule has 1 aromatic carbocycles. The zero-order valence-electron chi connectivity index (χ0n) is 10.9. The topological polar surface area (TPSA) is 15.3 Å². The summed E-state index contributed by atoms with van der Waals surface area (Å²) >= 11 is 3.38. The van der Waals surface area contributed by atoms with Crippen LogP contribution in [0.4, 0.5) is 4.39 Å². The molecule has 2 nitrogen and oxygen atoms in total. The molecule has 0 spiro atoms. The lowest BCUT2D eigenvalue weighted by molar-refractivity contribution is 0.316. The Morgan fingerprint density at radius 1 is 1.50 bits per heavy atom. The summed E-state index contributed by atoms with van der Waals surface area (Å²) in [4.78, 5) is 2.37. The van der Waals surface area contributed by atoms with Crippen LogP contribution in [0.1, 0.15) is 31.4 Å². The van der Waals surface area contributed by atoms with Crippen molar-refractivity contribution >= 4 is 15.9 Å². The number of halogens is 2. The smallest absolute Gasteiger partial charge is 0.128 e. The summed E-state index contributed by atoms with van der Waals surface area (Å²) in [5.74, 6) is -0.145. The summed E-state index contributed by atoms with van der Waals surface area (Å²) in [5, 5.41) is 3.38. The van der Waals surface area contributed by atoms with E-state index in [1.54, 1.807) is 6.07 Å². The molecule has 1 N–H and O–H groups in total. The standard InChI is InChI=1S/C14H20BrFN2/c1-10(13-9-11(15)3-6-14(13)16)17-7-8-18(2)12-4-5-12/h3,6,9-10,12,17H,4-5,7-8H2,1-2H3. The van der Waals surface area contributed by atoms with Crippen LogP contribution in [0.5, 0.6) is 0 Å². The quantitative estimate of drug-likeness (QED) is 0.866. The van der Waals surface area contributed by atoms with Gasteiger partial charge in [-0.3, -0.25) is 0 Å². The molecule has 2 rings (SSSR count). The second kappa shape index (κ2) is 6.13. The van der Waals surface area contributed by atoms with Crippen LogP contribution in [0.2, 0.25) is 0 Å². The molecule has 1 aromatic rings. The molecule has 0 aromatic heterocycles. The van der Waals surface area contributed by atoms with E-state index in [2.05, 4.69) is 33.2 Å². The van der Waals surface area contributed by atoms with Crippen LogP contribution >= 0.6 is 15.9 Å². The van der Waals surface area contributed by atoms with Gasteiger partial charge in [-0.2, -0.15) is 0 Å². The highest BCUT2D eigenvalue weighted by atomic mass is 79.9. The second-order valence-electron chi connectivity index (χ2n) is 5.05. The lowest BCUT2D eigenvalue weighted by Crippen LogP contribution is -2.32. The molecule has 18 heavy (non-hydrogen) atoms. The number of benzene rings is 1. The van der Waals surface area contributed by atoms with Crippen LogP contribution in [-0.2, 0) is 0 Å². The van der Waals surface area contributed by atoms with Crippen LogP contribution in [0, 0.1) is 5.82 Å². The van der Waals surface area contributed by atoms with E-state index in [0.29, 0.717) is 0 Å². The van der Waals surface area contributed by atoms with Gasteiger partial charge >= 0.3 is 0 Å². The van der Waals surface area contributed by atoms with E-state index in [1.165, 1.54) is 18.9 Å². The van der Waals surface area contributed by atoms with E-state index in [-0.39, 0.29) is 11.9 Å². The monoisotopic (exact) mass is 314 g/mol. The molecule has 0 saturated heterocycles. The highest BCUT2D eigenvalue weighted by Gasteiger charge is 2.25. The Kier molecular flexibility index (Phi) is 4.76. The molecule has 1 saturated carbocycles. The van der Waals surface area contributed by atoms with Crippen molar-refractivity contribution in [2.45, 2.75) is 31.8 Å². The van der Waals surface area contributed by atoms with Crippen molar-refractivity contribution in [1.82, 2.24) is 10.2 Å².